The Morgan fingerprint density at radius 1 is 1.00 bits per heavy atom. The van der Waals surface area contributed by atoms with Crippen molar-refractivity contribution in [3.63, 3.8) is 0 Å². The van der Waals surface area contributed by atoms with E-state index in [1.807, 2.05) is 39.0 Å². The number of benzene rings is 2. The standard InChI is InChI=1S/C29H40N2O4S/c1-29(2,3)35-28(32)31-17-13-23(14-18-31)15-19-36(33,34)27-12-11-25-10-7-16-30(22-26(25)20-27)21-24-8-5-4-6-9-24/h4-6,8-9,11-12,20,23H,7,10,13-19,21-22H2,1-3H3. The molecule has 0 saturated carbocycles. The van der Waals surface area contributed by atoms with Crippen LogP contribution in [-0.4, -0.2) is 55.3 Å². The zero-order chi connectivity index (χ0) is 25.8. The summed E-state index contributed by atoms with van der Waals surface area (Å²) < 4.78 is 32.0. The molecule has 0 bridgehead atoms. The van der Waals surface area contributed by atoms with Gasteiger partial charge in [0.2, 0.25) is 0 Å². The Labute approximate surface area is 216 Å². The van der Waals surface area contributed by atoms with Gasteiger partial charge >= 0.3 is 6.09 Å². The molecule has 0 spiro atoms. The van der Waals surface area contributed by atoms with Crippen LogP contribution in [0.1, 0.15) is 63.1 Å². The molecule has 2 heterocycles. The normalized spacial score (nSPS) is 17.9. The van der Waals surface area contributed by atoms with E-state index in [4.69, 9.17) is 4.74 Å². The van der Waals surface area contributed by atoms with Crippen LogP contribution in [0.15, 0.2) is 53.4 Å². The number of carbonyl (C=O) groups is 1. The topological polar surface area (TPSA) is 66.9 Å². The van der Waals surface area contributed by atoms with Crippen molar-refractivity contribution in [1.82, 2.24) is 9.80 Å². The van der Waals surface area contributed by atoms with Gasteiger partial charge in [0.05, 0.1) is 10.6 Å². The van der Waals surface area contributed by atoms with Gasteiger partial charge in [-0.25, -0.2) is 13.2 Å². The number of hydrogen-bond donors (Lipinski definition) is 0. The minimum atomic E-state index is -3.36. The second-order valence-electron chi connectivity index (χ2n) is 11.2. The molecule has 196 valence electrons. The van der Waals surface area contributed by atoms with E-state index in [1.54, 1.807) is 11.0 Å². The average Bonchev–Trinajstić information content (AvgIpc) is 3.04. The molecule has 2 aromatic carbocycles. The van der Waals surface area contributed by atoms with Gasteiger partial charge in [-0.1, -0.05) is 36.4 Å². The van der Waals surface area contributed by atoms with E-state index >= 15 is 0 Å². The molecule has 0 aromatic heterocycles. The van der Waals surface area contributed by atoms with Gasteiger partial charge in [0, 0.05) is 26.2 Å². The maximum Gasteiger partial charge on any atom is 0.410 e. The summed E-state index contributed by atoms with van der Waals surface area (Å²) in [5, 5.41) is 0. The van der Waals surface area contributed by atoms with Crippen molar-refractivity contribution >= 4 is 15.9 Å². The zero-order valence-corrected chi connectivity index (χ0v) is 22.7. The lowest BCUT2D eigenvalue weighted by molar-refractivity contribution is 0.0183. The van der Waals surface area contributed by atoms with E-state index in [0.29, 0.717) is 30.3 Å². The van der Waals surface area contributed by atoms with Crippen LogP contribution in [0.3, 0.4) is 0 Å². The van der Waals surface area contributed by atoms with Crippen LogP contribution in [0.5, 0.6) is 0 Å². The Bertz CT molecular complexity index is 1130. The maximum atomic E-state index is 13.3. The van der Waals surface area contributed by atoms with E-state index in [2.05, 4.69) is 29.2 Å². The first-order valence-electron chi connectivity index (χ1n) is 13.2. The van der Waals surface area contributed by atoms with Crippen molar-refractivity contribution in [3.05, 3.63) is 65.2 Å². The van der Waals surface area contributed by atoms with E-state index in [0.717, 1.165) is 50.9 Å². The predicted octanol–water partition coefficient (Wildman–Crippen LogP) is 5.45. The number of nitrogens with zero attached hydrogens (tertiary/aromatic N) is 2. The molecule has 1 saturated heterocycles. The van der Waals surface area contributed by atoms with Crippen LogP contribution in [0.25, 0.3) is 0 Å². The summed E-state index contributed by atoms with van der Waals surface area (Å²) in [6.45, 7) is 9.50. The lowest BCUT2D eigenvalue weighted by Gasteiger charge is -2.33. The Kier molecular flexibility index (Phi) is 8.41. The van der Waals surface area contributed by atoms with Crippen molar-refractivity contribution < 1.29 is 17.9 Å². The molecule has 1 amide bonds. The first-order valence-corrected chi connectivity index (χ1v) is 14.8. The fraction of sp³-hybridized carbons (Fsp3) is 0.552. The molecule has 0 radical (unpaired) electrons. The Balaban J connectivity index is 1.34. The minimum absolute atomic E-state index is 0.149. The summed E-state index contributed by atoms with van der Waals surface area (Å²) >= 11 is 0. The van der Waals surface area contributed by atoms with E-state index < -0.39 is 15.4 Å². The summed E-state index contributed by atoms with van der Waals surface area (Å²) in [5.41, 5.74) is 3.17. The molecule has 1 fully saturated rings. The molecule has 2 aliphatic heterocycles. The van der Waals surface area contributed by atoms with Crippen molar-refractivity contribution in [2.45, 2.75) is 76.5 Å². The number of aryl methyl sites for hydroxylation is 1. The fourth-order valence-corrected chi connectivity index (χ4v) is 6.62. The summed E-state index contributed by atoms with van der Waals surface area (Å²) in [7, 11) is -3.36. The molecule has 4 rings (SSSR count). The molecule has 7 heteroatoms. The smallest absolute Gasteiger partial charge is 0.410 e. The molecule has 0 aliphatic carbocycles. The van der Waals surface area contributed by atoms with E-state index in [1.165, 1.54) is 11.1 Å². The number of amides is 1. The highest BCUT2D eigenvalue weighted by Gasteiger charge is 2.28. The number of piperidine rings is 1. The van der Waals surface area contributed by atoms with Crippen LogP contribution < -0.4 is 0 Å². The molecule has 2 aromatic rings. The highest BCUT2D eigenvalue weighted by molar-refractivity contribution is 7.91. The van der Waals surface area contributed by atoms with Gasteiger partial charge in [0.15, 0.2) is 9.84 Å². The largest absolute Gasteiger partial charge is 0.444 e. The highest BCUT2D eigenvalue weighted by Crippen LogP contribution is 2.27. The molecule has 0 atom stereocenters. The third-order valence-electron chi connectivity index (χ3n) is 7.16. The van der Waals surface area contributed by atoms with E-state index in [-0.39, 0.29) is 11.8 Å². The van der Waals surface area contributed by atoms with Crippen LogP contribution >= 0.6 is 0 Å². The van der Waals surface area contributed by atoms with Crippen molar-refractivity contribution in [3.8, 4) is 0 Å². The summed E-state index contributed by atoms with van der Waals surface area (Å²) in [6.07, 6.45) is 4.04. The molecule has 36 heavy (non-hydrogen) atoms. The van der Waals surface area contributed by atoms with Gasteiger partial charge in [0.1, 0.15) is 5.60 Å². The lowest BCUT2D eigenvalue weighted by atomic mass is 9.95. The quantitative estimate of drug-likeness (QED) is 0.515. The number of carbonyl (C=O) groups excluding carboxylic acids is 1. The van der Waals surface area contributed by atoms with E-state index in [9.17, 15) is 13.2 Å². The van der Waals surface area contributed by atoms with Crippen molar-refractivity contribution in [1.29, 1.82) is 0 Å². The summed E-state index contributed by atoms with van der Waals surface area (Å²) in [6, 6.07) is 16.2. The average molecular weight is 513 g/mol. The predicted molar refractivity (Wildman–Crippen MR) is 143 cm³/mol. The highest BCUT2D eigenvalue weighted by atomic mass is 32.2. The van der Waals surface area contributed by atoms with Crippen molar-refractivity contribution in [2.75, 3.05) is 25.4 Å². The third-order valence-corrected chi connectivity index (χ3v) is 8.91. The SMILES string of the molecule is CC(C)(C)OC(=O)N1CCC(CCS(=O)(=O)c2ccc3c(c2)CN(Cc2ccccc2)CCC3)CC1. The van der Waals surface area contributed by atoms with Crippen LogP contribution in [0.2, 0.25) is 0 Å². The first kappa shape index (κ1) is 26.7. The van der Waals surface area contributed by atoms with Crippen molar-refractivity contribution in [2.24, 2.45) is 5.92 Å². The van der Waals surface area contributed by atoms with Crippen LogP contribution in [-0.2, 0) is 34.1 Å². The second kappa shape index (κ2) is 11.3. The lowest BCUT2D eigenvalue weighted by Crippen LogP contribution is -2.41. The third kappa shape index (κ3) is 7.32. The molecular formula is C29H40N2O4S. The Hall–Kier alpha value is -2.38. The molecule has 2 aliphatic rings. The Morgan fingerprint density at radius 3 is 2.42 bits per heavy atom. The number of hydrogen-bond acceptors (Lipinski definition) is 5. The minimum Gasteiger partial charge on any atom is -0.444 e. The first-order chi connectivity index (χ1) is 17.1. The van der Waals surface area contributed by atoms with Gasteiger partial charge in [-0.15, -0.1) is 0 Å². The number of rotatable bonds is 6. The molecule has 0 unspecified atom stereocenters. The number of likely N-dealkylation sites (tertiary alicyclic amines) is 1. The maximum absolute atomic E-state index is 13.3. The summed E-state index contributed by atoms with van der Waals surface area (Å²) in [4.78, 5) is 16.9. The molecular weight excluding hydrogens is 472 g/mol. The molecule has 6 nitrogen and oxygen atoms in total. The van der Waals surface area contributed by atoms with Gasteiger partial charge < -0.3 is 9.64 Å². The number of sulfone groups is 1. The van der Waals surface area contributed by atoms with Gasteiger partial charge in [-0.05, 0) is 94.2 Å². The zero-order valence-electron chi connectivity index (χ0n) is 21.9. The molecule has 0 N–H and O–H groups in total. The summed E-state index contributed by atoms with van der Waals surface area (Å²) in [5.74, 6) is 0.456. The monoisotopic (exact) mass is 512 g/mol. The van der Waals surface area contributed by atoms with Gasteiger partial charge in [0.25, 0.3) is 0 Å². The Morgan fingerprint density at radius 2 is 1.72 bits per heavy atom. The second-order valence-corrected chi connectivity index (χ2v) is 13.4. The van der Waals surface area contributed by atoms with Gasteiger partial charge in [-0.2, -0.15) is 0 Å². The number of fused-ring (bicyclic) bond motifs is 1. The number of ether oxygens (including phenoxy) is 1. The van der Waals surface area contributed by atoms with Crippen LogP contribution in [0, 0.1) is 5.92 Å². The fourth-order valence-electron chi connectivity index (χ4n) is 5.15. The van der Waals surface area contributed by atoms with Crippen LogP contribution in [0.4, 0.5) is 4.79 Å². The van der Waals surface area contributed by atoms with Gasteiger partial charge in [-0.3, -0.25) is 4.90 Å².